The Morgan fingerprint density at radius 1 is 1.00 bits per heavy atom. The van der Waals surface area contributed by atoms with Crippen LogP contribution in [0.5, 0.6) is 0 Å². The van der Waals surface area contributed by atoms with Gasteiger partial charge in [-0.2, -0.15) is 5.10 Å². The van der Waals surface area contributed by atoms with E-state index < -0.39 is 0 Å². The predicted octanol–water partition coefficient (Wildman–Crippen LogP) is 2.57. The highest BCUT2D eigenvalue weighted by Gasteiger charge is 2.21. The topological polar surface area (TPSA) is 74.5 Å². The quantitative estimate of drug-likeness (QED) is 0.318. The van der Waals surface area contributed by atoms with Gasteiger partial charge >= 0.3 is 0 Å². The summed E-state index contributed by atoms with van der Waals surface area (Å²) < 4.78 is 1.89. The van der Waals surface area contributed by atoms with Gasteiger partial charge in [0.2, 0.25) is 5.95 Å². The molecule has 9 heteroatoms. The molecule has 1 saturated heterocycles. The summed E-state index contributed by atoms with van der Waals surface area (Å²) in [5.74, 6) is 1.72. The first-order chi connectivity index (χ1) is 14.3. The molecule has 1 fully saturated rings. The Kier molecular flexibility index (Phi) is 8.00. The first-order valence-corrected chi connectivity index (χ1v) is 9.98. The van der Waals surface area contributed by atoms with Crippen LogP contribution < -0.4 is 10.2 Å². The summed E-state index contributed by atoms with van der Waals surface area (Å²) in [4.78, 5) is 18.0. The summed E-state index contributed by atoms with van der Waals surface area (Å²) in [5, 5.41) is 8.06. The van der Waals surface area contributed by atoms with Gasteiger partial charge in [0.25, 0.3) is 0 Å². The fourth-order valence-electron chi connectivity index (χ4n) is 3.33. The molecular weight excluding hydrogens is 491 g/mol. The summed E-state index contributed by atoms with van der Waals surface area (Å²) in [6.45, 7) is 6.97. The van der Waals surface area contributed by atoms with Crippen molar-refractivity contribution in [3.63, 3.8) is 0 Å². The molecule has 0 spiro atoms. The number of aliphatic imine (C=N–C) groups is 1. The molecule has 30 heavy (non-hydrogen) atoms. The van der Waals surface area contributed by atoms with E-state index >= 15 is 0 Å². The molecule has 0 bridgehead atoms. The molecular formula is C21H27IN8. The molecule has 4 rings (SSSR count). The fraction of sp³-hybridized carbons (Fsp3) is 0.333. The van der Waals surface area contributed by atoms with Gasteiger partial charge in [-0.3, -0.25) is 0 Å². The number of aromatic nitrogens is 4. The number of benzene rings is 1. The van der Waals surface area contributed by atoms with Crippen LogP contribution in [0.15, 0.2) is 66.0 Å². The number of piperazine rings is 1. The van der Waals surface area contributed by atoms with Crippen LogP contribution in [0.25, 0.3) is 5.69 Å². The van der Waals surface area contributed by atoms with Crippen molar-refractivity contribution in [3.05, 3.63) is 66.7 Å². The van der Waals surface area contributed by atoms with Crippen LogP contribution in [-0.4, -0.2) is 63.3 Å². The van der Waals surface area contributed by atoms with E-state index in [1.807, 2.05) is 53.3 Å². The van der Waals surface area contributed by atoms with Crippen LogP contribution in [-0.2, 0) is 6.54 Å². The lowest BCUT2D eigenvalue weighted by atomic mass is 10.3. The normalized spacial score (nSPS) is 14.4. The van der Waals surface area contributed by atoms with Crippen LogP contribution in [0.2, 0.25) is 0 Å². The standard InChI is InChI=1S/C21H26N8.HI/c1-2-22-20(27-13-15-28(16-14-27)21-23-10-6-11-24-21)25-17-18-9-12-29(26-18)19-7-4-3-5-8-19;/h3-12H,2,13-17H2,1H3,(H,22,25);1H. The number of nitrogens with one attached hydrogen (secondary N) is 1. The van der Waals surface area contributed by atoms with E-state index in [1.54, 1.807) is 12.4 Å². The molecule has 1 aliphatic rings. The first-order valence-electron chi connectivity index (χ1n) is 9.98. The molecule has 1 aliphatic heterocycles. The number of para-hydroxylation sites is 1. The lowest BCUT2D eigenvalue weighted by Gasteiger charge is -2.36. The Balaban J connectivity index is 0.00000256. The highest BCUT2D eigenvalue weighted by atomic mass is 127. The smallest absolute Gasteiger partial charge is 0.225 e. The molecule has 3 heterocycles. The summed E-state index contributed by atoms with van der Waals surface area (Å²) >= 11 is 0. The van der Waals surface area contributed by atoms with Crippen molar-refractivity contribution < 1.29 is 0 Å². The third kappa shape index (κ3) is 5.47. The van der Waals surface area contributed by atoms with E-state index in [4.69, 9.17) is 4.99 Å². The zero-order valence-electron chi connectivity index (χ0n) is 17.1. The molecule has 0 saturated carbocycles. The van der Waals surface area contributed by atoms with Crippen molar-refractivity contribution in [1.29, 1.82) is 0 Å². The van der Waals surface area contributed by atoms with Gasteiger partial charge in [0.15, 0.2) is 5.96 Å². The maximum atomic E-state index is 4.82. The Hall–Kier alpha value is -2.69. The Bertz CT molecular complexity index is 920. The van der Waals surface area contributed by atoms with E-state index in [1.165, 1.54) is 0 Å². The molecule has 3 aromatic rings. The second kappa shape index (κ2) is 10.9. The zero-order valence-corrected chi connectivity index (χ0v) is 19.4. The van der Waals surface area contributed by atoms with Gasteiger partial charge in [0, 0.05) is 51.3 Å². The molecule has 0 amide bonds. The molecule has 2 aromatic heterocycles. The second-order valence-corrected chi connectivity index (χ2v) is 6.78. The lowest BCUT2D eigenvalue weighted by molar-refractivity contribution is 0.370. The lowest BCUT2D eigenvalue weighted by Crippen LogP contribution is -2.53. The monoisotopic (exact) mass is 518 g/mol. The Morgan fingerprint density at radius 2 is 1.73 bits per heavy atom. The van der Waals surface area contributed by atoms with Crippen LogP contribution in [0.1, 0.15) is 12.6 Å². The molecule has 1 aromatic carbocycles. The van der Waals surface area contributed by atoms with E-state index in [2.05, 4.69) is 37.1 Å². The number of nitrogens with zero attached hydrogens (tertiary/aromatic N) is 7. The van der Waals surface area contributed by atoms with E-state index in [9.17, 15) is 0 Å². The van der Waals surface area contributed by atoms with E-state index in [0.29, 0.717) is 6.54 Å². The minimum atomic E-state index is 0. The van der Waals surface area contributed by atoms with Crippen molar-refractivity contribution in [2.45, 2.75) is 13.5 Å². The maximum Gasteiger partial charge on any atom is 0.225 e. The molecule has 158 valence electrons. The second-order valence-electron chi connectivity index (χ2n) is 6.78. The highest BCUT2D eigenvalue weighted by Crippen LogP contribution is 2.11. The summed E-state index contributed by atoms with van der Waals surface area (Å²) in [7, 11) is 0. The number of anilines is 1. The first kappa shape index (κ1) is 22.0. The van der Waals surface area contributed by atoms with Crippen molar-refractivity contribution in [2.24, 2.45) is 4.99 Å². The predicted molar refractivity (Wildman–Crippen MR) is 130 cm³/mol. The van der Waals surface area contributed by atoms with Gasteiger partial charge in [-0.1, -0.05) is 18.2 Å². The molecule has 8 nitrogen and oxygen atoms in total. The third-order valence-corrected chi connectivity index (χ3v) is 4.80. The molecule has 0 radical (unpaired) electrons. The minimum Gasteiger partial charge on any atom is -0.357 e. The van der Waals surface area contributed by atoms with Crippen LogP contribution in [0, 0.1) is 0 Å². The average Bonchev–Trinajstić information content (AvgIpc) is 3.27. The largest absolute Gasteiger partial charge is 0.357 e. The van der Waals surface area contributed by atoms with Gasteiger partial charge in [-0.05, 0) is 31.2 Å². The van der Waals surface area contributed by atoms with Crippen LogP contribution in [0.3, 0.4) is 0 Å². The Labute approximate surface area is 194 Å². The van der Waals surface area contributed by atoms with Gasteiger partial charge in [-0.25, -0.2) is 19.6 Å². The summed E-state index contributed by atoms with van der Waals surface area (Å²) in [6, 6.07) is 14.0. The summed E-state index contributed by atoms with van der Waals surface area (Å²) in [6.07, 6.45) is 5.55. The van der Waals surface area contributed by atoms with Crippen molar-refractivity contribution in [2.75, 3.05) is 37.6 Å². The summed E-state index contributed by atoms with van der Waals surface area (Å²) in [5.41, 5.74) is 1.99. The van der Waals surface area contributed by atoms with Gasteiger partial charge in [0.05, 0.1) is 17.9 Å². The molecule has 0 unspecified atom stereocenters. The number of halogens is 1. The highest BCUT2D eigenvalue weighted by molar-refractivity contribution is 14.0. The van der Waals surface area contributed by atoms with Gasteiger partial charge in [0.1, 0.15) is 0 Å². The molecule has 0 atom stereocenters. The van der Waals surface area contributed by atoms with Crippen LogP contribution >= 0.6 is 24.0 Å². The third-order valence-electron chi connectivity index (χ3n) is 4.80. The molecule has 1 N–H and O–H groups in total. The maximum absolute atomic E-state index is 4.82. The SMILES string of the molecule is CCNC(=NCc1ccn(-c2ccccc2)n1)N1CCN(c2ncccn2)CC1.I. The number of rotatable bonds is 5. The Morgan fingerprint density at radius 3 is 2.43 bits per heavy atom. The van der Waals surface area contributed by atoms with Crippen molar-refractivity contribution in [1.82, 2.24) is 30.0 Å². The number of hydrogen-bond acceptors (Lipinski definition) is 5. The number of hydrogen-bond donors (Lipinski definition) is 1. The van der Waals surface area contributed by atoms with E-state index in [-0.39, 0.29) is 24.0 Å². The minimum absolute atomic E-state index is 0. The van der Waals surface area contributed by atoms with Gasteiger partial charge < -0.3 is 15.1 Å². The van der Waals surface area contributed by atoms with Crippen molar-refractivity contribution in [3.8, 4) is 5.69 Å². The van der Waals surface area contributed by atoms with Crippen molar-refractivity contribution >= 4 is 35.9 Å². The van der Waals surface area contributed by atoms with E-state index in [0.717, 1.165) is 56.0 Å². The van der Waals surface area contributed by atoms with Crippen LogP contribution in [0.4, 0.5) is 5.95 Å². The average molecular weight is 518 g/mol. The fourth-order valence-corrected chi connectivity index (χ4v) is 3.33. The number of guanidine groups is 1. The van der Waals surface area contributed by atoms with Gasteiger partial charge in [-0.15, -0.1) is 24.0 Å². The molecule has 0 aliphatic carbocycles. The zero-order chi connectivity index (χ0) is 19.9.